The van der Waals surface area contributed by atoms with Gasteiger partial charge in [-0.1, -0.05) is 67.8 Å². The zero-order valence-corrected chi connectivity index (χ0v) is 19.3. The fourth-order valence-corrected chi connectivity index (χ4v) is 5.12. The van der Waals surface area contributed by atoms with Crippen molar-refractivity contribution in [3.8, 4) is 11.3 Å². The molecule has 2 heterocycles. The molecule has 1 aromatic heterocycles. The van der Waals surface area contributed by atoms with Crippen molar-refractivity contribution in [1.82, 2.24) is 15.2 Å². The minimum absolute atomic E-state index is 0.0677. The lowest BCUT2D eigenvalue weighted by molar-refractivity contribution is -0.143. The fraction of sp³-hybridized carbons (Fsp3) is 0.333. The van der Waals surface area contributed by atoms with Crippen LogP contribution in [-0.2, 0) is 14.3 Å². The number of rotatable bonds is 7. The lowest BCUT2D eigenvalue weighted by atomic mass is 9.82. The third kappa shape index (κ3) is 4.32. The molecule has 2 aliphatic rings. The number of nitrogens with one attached hydrogen (secondary N) is 2. The number of aromatic nitrogens is 1. The number of imide groups is 1. The number of urea groups is 1. The number of esters is 1. The van der Waals surface area contributed by atoms with Crippen molar-refractivity contribution in [2.75, 3.05) is 13.2 Å². The first-order valence-corrected chi connectivity index (χ1v) is 12.0. The molecular formula is C27H27N3O5. The second kappa shape index (κ2) is 9.37. The SMILES string of the molecule is O=C(CCN1C(=O)NC2(CCCCC2)C1=O)OCC(=O)c1c(-c2ccccc2)[nH]c2ccccc12. The van der Waals surface area contributed by atoms with Gasteiger partial charge in [0.2, 0.25) is 5.78 Å². The summed E-state index contributed by atoms with van der Waals surface area (Å²) in [5.74, 6) is -1.23. The molecular weight excluding hydrogens is 446 g/mol. The van der Waals surface area contributed by atoms with Crippen LogP contribution in [0.4, 0.5) is 4.79 Å². The van der Waals surface area contributed by atoms with Crippen molar-refractivity contribution in [3.63, 3.8) is 0 Å². The Morgan fingerprint density at radius 1 is 0.943 bits per heavy atom. The van der Waals surface area contributed by atoms with Crippen LogP contribution in [0.5, 0.6) is 0 Å². The van der Waals surface area contributed by atoms with Gasteiger partial charge in [-0.3, -0.25) is 19.3 Å². The van der Waals surface area contributed by atoms with Gasteiger partial charge in [-0.25, -0.2) is 4.79 Å². The molecule has 3 amide bonds. The smallest absolute Gasteiger partial charge is 0.325 e. The summed E-state index contributed by atoms with van der Waals surface area (Å²) in [4.78, 5) is 55.2. The molecule has 2 N–H and O–H groups in total. The number of ketones is 1. The van der Waals surface area contributed by atoms with Crippen LogP contribution in [0.2, 0.25) is 0 Å². The summed E-state index contributed by atoms with van der Waals surface area (Å²) in [7, 11) is 0. The van der Waals surface area contributed by atoms with Gasteiger partial charge in [0.15, 0.2) is 6.61 Å². The number of benzene rings is 2. The van der Waals surface area contributed by atoms with Gasteiger partial charge in [0.05, 0.1) is 17.7 Å². The molecule has 1 spiro atoms. The number of carbonyl (C=O) groups excluding carboxylic acids is 4. The molecule has 1 saturated carbocycles. The van der Waals surface area contributed by atoms with Crippen LogP contribution in [-0.4, -0.2) is 52.3 Å². The van der Waals surface area contributed by atoms with E-state index in [0.717, 1.165) is 40.6 Å². The Bertz CT molecular complexity index is 1290. The van der Waals surface area contributed by atoms with Crippen LogP contribution in [0.3, 0.4) is 0 Å². The summed E-state index contributed by atoms with van der Waals surface area (Å²) in [6.45, 7) is -0.494. The normalized spacial score (nSPS) is 17.1. The molecule has 0 atom stereocenters. The van der Waals surface area contributed by atoms with E-state index in [-0.39, 0.29) is 24.7 Å². The van der Waals surface area contributed by atoms with Crippen molar-refractivity contribution in [2.45, 2.75) is 44.1 Å². The number of H-pyrrole nitrogens is 1. The van der Waals surface area contributed by atoms with E-state index >= 15 is 0 Å². The molecule has 180 valence electrons. The summed E-state index contributed by atoms with van der Waals surface area (Å²) in [5, 5.41) is 3.58. The van der Waals surface area contributed by atoms with Gasteiger partial charge >= 0.3 is 12.0 Å². The quantitative estimate of drug-likeness (QED) is 0.304. The standard InChI is InChI=1S/C27H27N3O5/c31-21(23-19-11-5-6-12-20(19)28-24(23)18-9-3-1-4-10-18)17-35-22(32)13-16-30-25(33)27(29-26(30)34)14-7-2-8-15-27/h1,3-6,9-12,28H,2,7-8,13-17H2,(H,29,34). The Labute approximate surface area is 202 Å². The first kappa shape index (κ1) is 22.8. The minimum Gasteiger partial charge on any atom is -0.457 e. The number of carbonyl (C=O) groups is 4. The first-order valence-electron chi connectivity index (χ1n) is 12.0. The Kier molecular flexibility index (Phi) is 6.11. The van der Waals surface area contributed by atoms with Gasteiger partial charge in [-0.2, -0.15) is 0 Å². The molecule has 1 aliphatic carbocycles. The minimum atomic E-state index is -0.821. The largest absolute Gasteiger partial charge is 0.457 e. The van der Waals surface area contributed by atoms with Crippen LogP contribution in [0, 0.1) is 0 Å². The zero-order chi connectivity index (χ0) is 24.4. The number of para-hydroxylation sites is 1. The predicted molar refractivity (Wildman–Crippen MR) is 130 cm³/mol. The van der Waals surface area contributed by atoms with Crippen LogP contribution in [0.25, 0.3) is 22.2 Å². The van der Waals surface area contributed by atoms with Gasteiger partial charge in [0.1, 0.15) is 5.54 Å². The van der Waals surface area contributed by atoms with E-state index in [2.05, 4.69) is 10.3 Å². The number of nitrogens with zero attached hydrogens (tertiary/aromatic N) is 1. The van der Waals surface area contributed by atoms with Crippen LogP contribution in [0.15, 0.2) is 54.6 Å². The Hall–Kier alpha value is -3.94. The van der Waals surface area contributed by atoms with Crippen LogP contribution in [0.1, 0.15) is 48.9 Å². The molecule has 2 aromatic carbocycles. The van der Waals surface area contributed by atoms with Crippen molar-refractivity contribution in [2.24, 2.45) is 0 Å². The number of aromatic amines is 1. The highest BCUT2D eigenvalue weighted by molar-refractivity contribution is 6.14. The van der Waals surface area contributed by atoms with E-state index < -0.39 is 24.1 Å². The highest BCUT2D eigenvalue weighted by Gasteiger charge is 2.51. The maximum Gasteiger partial charge on any atom is 0.325 e. The molecule has 8 nitrogen and oxygen atoms in total. The van der Waals surface area contributed by atoms with Gasteiger partial charge in [0, 0.05) is 17.4 Å². The van der Waals surface area contributed by atoms with E-state index in [1.807, 2.05) is 54.6 Å². The number of amides is 3. The highest BCUT2D eigenvalue weighted by atomic mass is 16.5. The van der Waals surface area contributed by atoms with E-state index in [0.29, 0.717) is 24.1 Å². The fourth-order valence-electron chi connectivity index (χ4n) is 5.12. The van der Waals surface area contributed by atoms with Gasteiger partial charge in [-0.05, 0) is 24.5 Å². The average Bonchev–Trinajstić information content (AvgIpc) is 3.37. The lowest BCUT2D eigenvalue weighted by Crippen LogP contribution is -2.48. The molecule has 2 fully saturated rings. The number of ether oxygens (including phenoxy) is 1. The van der Waals surface area contributed by atoms with Crippen molar-refractivity contribution >= 4 is 34.6 Å². The number of hydrogen-bond donors (Lipinski definition) is 2. The third-order valence-electron chi connectivity index (χ3n) is 6.90. The molecule has 5 rings (SSSR count). The Balaban J connectivity index is 1.24. The molecule has 0 bridgehead atoms. The number of Topliss-reactive ketones (excluding diaryl/α,β-unsaturated/α-hetero) is 1. The van der Waals surface area contributed by atoms with Gasteiger partial charge in [0.25, 0.3) is 5.91 Å². The molecule has 3 aromatic rings. The molecule has 1 aliphatic heterocycles. The van der Waals surface area contributed by atoms with Crippen molar-refractivity contribution in [1.29, 1.82) is 0 Å². The van der Waals surface area contributed by atoms with Crippen LogP contribution < -0.4 is 5.32 Å². The summed E-state index contributed by atoms with van der Waals surface area (Å²) in [5.41, 5.74) is 1.99. The summed E-state index contributed by atoms with van der Waals surface area (Å²) in [6, 6.07) is 16.5. The maximum absolute atomic E-state index is 13.2. The Morgan fingerprint density at radius 3 is 2.43 bits per heavy atom. The summed E-state index contributed by atoms with van der Waals surface area (Å²) >= 11 is 0. The van der Waals surface area contributed by atoms with Gasteiger partial charge in [-0.15, -0.1) is 0 Å². The molecule has 0 radical (unpaired) electrons. The van der Waals surface area contributed by atoms with Gasteiger partial charge < -0.3 is 15.0 Å². The Morgan fingerprint density at radius 2 is 1.66 bits per heavy atom. The first-order chi connectivity index (χ1) is 17.0. The lowest BCUT2D eigenvalue weighted by Gasteiger charge is -2.30. The van der Waals surface area contributed by atoms with E-state index in [1.165, 1.54) is 0 Å². The average molecular weight is 474 g/mol. The third-order valence-corrected chi connectivity index (χ3v) is 6.90. The van der Waals surface area contributed by atoms with Crippen molar-refractivity contribution < 1.29 is 23.9 Å². The summed E-state index contributed by atoms with van der Waals surface area (Å²) < 4.78 is 5.26. The topological polar surface area (TPSA) is 109 Å². The molecule has 8 heteroatoms. The molecule has 35 heavy (non-hydrogen) atoms. The number of hydrogen-bond acceptors (Lipinski definition) is 5. The van der Waals surface area contributed by atoms with E-state index in [1.54, 1.807) is 0 Å². The molecule has 0 unspecified atom stereocenters. The zero-order valence-electron chi connectivity index (χ0n) is 19.3. The molecule has 1 saturated heterocycles. The maximum atomic E-state index is 13.2. The van der Waals surface area contributed by atoms with E-state index in [9.17, 15) is 19.2 Å². The second-order valence-electron chi connectivity index (χ2n) is 9.15. The second-order valence-corrected chi connectivity index (χ2v) is 9.15. The number of fused-ring (bicyclic) bond motifs is 1. The van der Waals surface area contributed by atoms with Crippen LogP contribution >= 0.6 is 0 Å². The van der Waals surface area contributed by atoms with E-state index in [4.69, 9.17) is 4.74 Å². The highest BCUT2D eigenvalue weighted by Crippen LogP contribution is 2.34. The monoisotopic (exact) mass is 473 g/mol. The predicted octanol–water partition coefficient (Wildman–Crippen LogP) is 4.21. The summed E-state index contributed by atoms with van der Waals surface area (Å²) in [6.07, 6.45) is 3.92. The van der Waals surface area contributed by atoms with Crippen molar-refractivity contribution in [3.05, 3.63) is 60.2 Å².